The Morgan fingerprint density at radius 3 is 2.61 bits per heavy atom. The molecule has 13 heteroatoms. The molecule has 2 aliphatic rings. The molecule has 3 heterocycles. The molecule has 2 N–H and O–H groups in total. The molecule has 0 saturated carbocycles. The Morgan fingerprint density at radius 2 is 1.92 bits per heavy atom. The van der Waals surface area contributed by atoms with Crippen LogP contribution >= 0.6 is 34.5 Å². The Balaban J connectivity index is 1.49. The summed E-state index contributed by atoms with van der Waals surface area (Å²) in [4.78, 5) is 27.0. The number of thiophene rings is 1. The number of fused-ring (bicyclic) bond motifs is 2. The third-order valence-corrected chi connectivity index (χ3v) is 8.48. The number of ether oxygens (including phenoxy) is 1. The molecule has 3 aromatic rings. The Hall–Kier alpha value is -2.76. The van der Waals surface area contributed by atoms with Gasteiger partial charge in [0.15, 0.2) is 11.7 Å². The number of hydrogen-bond donors (Lipinski definition) is 2. The normalized spacial score (nSPS) is 18.8. The number of hydrogen-bond acceptors (Lipinski definition) is 6. The van der Waals surface area contributed by atoms with Crippen molar-refractivity contribution in [2.75, 3.05) is 17.2 Å². The van der Waals surface area contributed by atoms with E-state index >= 15 is 0 Å². The second-order valence-electron chi connectivity index (χ2n) is 9.09. The Labute approximate surface area is 230 Å². The van der Waals surface area contributed by atoms with Crippen LogP contribution in [0.15, 0.2) is 24.3 Å². The molecular formula is C25H23Cl2F3N4O3S. The number of benzene rings is 1. The number of carbonyl (C=O) groups is 2. The minimum absolute atomic E-state index is 0.110. The van der Waals surface area contributed by atoms with Gasteiger partial charge < -0.3 is 15.4 Å². The van der Waals surface area contributed by atoms with Crippen LogP contribution in [0.5, 0.6) is 0 Å². The topological polar surface area (TPSA) is 85.2 Å². The molecule has 0 spiro atoms. The molecule has 2 atom stereocenters. The average Bonchev–Trinajstić information content (AvgIpc) is 3.40. The largest absolute Gasteiger partial charge is 0.462 e. The molecule has 1 amide bonds. The zero-order chi connectivity index (χ0) is 27.2. The summed E-state index contributed by atoms with van der Waals surface area (Å²) >= 11 is 13.7. The molecule has 1 aliphatic carbocycles. The Bertz CT molecular complexity index is 1390. The molecule has 0 fully saturated rings. The summed E-state index contributed by atoms with van der Waals surface area (Å²) in [6.07, 6.45) is -1.69. The summed E-state index contributed by atoms with van der Waals surface area (Å²) in [5, 5.41) is 10.2. The van der Waals surface area contributed by atoms with E-state index in [9.17, 15) is 22.8 Å². The molecule has 0 saturated heterocycles. The number of aromatic nitrogens is 2. The van der Waals surface area contributed by atoms with Gasteiger partial charge in [-0.2, -0.15) is 18.3 Å². The lowest BCUT2D eigenvalue weighted by Crippen LogP contribution is -2.35. The molecule has 0 radical (unpaired) electrons. The highest BCUT2D eigenvalue weighted by molar-refractivity contribution is 7.17. The van der Waals surface area contributed by atoms with Gasteiger partial charge in [0.05, 0.1) is 18.2 Å². The monoisotopic (exact) mass is 586 g/mol. The maximum Gasteiger partial charge on any atom is 0.410 e. The summed E-state index contributed by atoms with van der Waals surface area (Å²) < 4.78 is 48.2. The van der Waals surface area contributed by atoms with Gasteiger partial charge in [0.2, 0.25) is 0 Å². The fraction of sp³-hybridized carbons (Fsp3) is 0.400. The standard InChI is InChI=1S/C25H23Cl2F3N4O3S/c1-2-37-24(36)18-14-5-3-4-6-16(14)38-23(18)32-22(35)20-19(27)21-31-15(12-7-9-13(26)10-8-12)11-17(25(28,29)30)34(21)33-20/h7-10,15,17,31H,2-6,11H2,1H3,(H,32,35)/t15-,17-/m1/s1. The maximum atomic E-state index is 14.1. The third-order valence-electron chi connectivity index (χ3n) is 6.66. The summed E-state index contributed by atoms with van der Waals surface area (Å²) in [5.41, 5.74) is 1.34. The maximum absolute atomic E-state index is 14.1. The number of rotatable bonds is 5. The second kappa shape index (κ2) is 10.4. The molecule has 0 unspecified atom stereocenters. The van der Waals surface area contributed by atoms with E-state index in [1.807, 2.05) is 0 Å². The molecule has 1 aliphatic heterocycles. The van der Waals surface area contributed by atoms with E-state index in [0.717, 1.165) is 34.4 Å². The number of anilines is 2. The van der Waals surface area contributed by atoms with E-state index in [2.05, 4.69) is 15.7 Å². The van der Waals surface area contributed by atoms with Gasteiger partial charge in [-0.25, -0.2) is 9.48 Å². The first-order chi connectivity index (χ1) is 18.1. The van der Waals surface area contributed by atoms with Crippen molar-refractivity contribution in [1.29, 1.82) is 0 Å². The zero-order valence-corrected chi connectivity index (χ0v) is 22.5. The van der Waals surface area contributed by atoms with Crippen molar-refractivity contribution in [1.82, 2.24) is 9.78 Å². The molecular weight excluding hydrogens is 564 g/mol. The van der Waals surface area contributed by atoms with E-state index < -0.39 is 30.1 Å². The molecule has 2 aromatic heterocycles. The highest BCUT2D eigenvalue weighted by Crippen LogP contribution is 2.46. The molecule has 0 bridgehead atoms. The van der Waals surface area contributed by atoms with Crippen LogP contribution in [0, 0.1) is 0 Å². The van der Waals surface area contributed by atoms with Crippen molar-refractivity contribution in [2.45, 2.75) is 57.3 Å². The predicted octanol–water partition coefficient (Wildman–Crippen LogP) is 7.22. The van der Waals surface area contributed by atoms with Crippen molar-refractivity contribution >= 4 is 57.2 Å². The van der Waals surface area contributed by atoms with Gasteiger partial charge in [-0.3, -0.25) is 4.79 Å². The van der Waals surface area contributed by atoms with Crippen LogP contribution < -0.4 is 10.6 Å². The Morgan fingerprint density at radius 1 is 1.21 bits per heavy atom. The summed E-state index contributed by atoms with van der Waals surface area (Å²) in [5.74, 6) is -1.48. The van der Waals surface area contributed by atoms with Crippen molar-refractivity contribution < 1.29 is 27.5 Å². The first-order valence-electron chi connectivity index (χ1n) is 12.1. The highest BCUT2D eigenvalue weighted by Gasteiger charge is 2.48. The van der Waals surface area contributed by atoms with Gasteiger partial charge in [0.25, 0.3) is 5.91 Å². The number of nitrogens with one attached hydrogen (secondary N) is 2. The number of amides is 1. The number of alkyl halides is 3. The SMILES string of the molecule is CCOC(=O)c1c(NC(=O)c2nn3c(c2Cl)N[C@@H](c2ccc(Cl)cc2)C[C@@H]3C(F)(F)F)sc2c1CCCC2. The number of halogens is 5. The quantitative estimate of drug-likeness (QED) is 0.308. The smallest absolute Gasteiger partial charge is 0.410 e. The van der Waals surface area contributed by atoms with E-state index in [1.165, 1.54) is 11.3 Å². The van der Waals surface area contributed by atoms with Gasteiger partial charge >= 0.3 is 12.1 Å². The van der Waals surface area contributed by atoms with Crippen LogP contribution in [0.25, 0.3) is 0 Å². The van der Waals surface area contributed by atoms with E-state index in [4.69, 9.17) is 27.9 Å². The first-order valence-corrected chi connectivity index (χ1v) is 13.7. The minimum Gasteiger partial charge on any atom is -0.462 e. The van der Waals surface area contributed by atoms with Crippen molar-refractivity contribution in [3.8, 4) is 0 Å². The van der Waals surface area contributed by atoms with Crippen LogP contribution in [-0.2, 0) is 17.6 Å². The molecule has 38 heavy (non-hydrogen) atoms. The summed E-state index contributed by atoms with van der Waals surface area (Å²) in [7, 11) is 0. The van der Waals surface area contributed by atoms with Crippen molar-refractivity contribution in [2.24, 2.45) is 0 Å². The van der Waals surface area contributed by atoms with Crippen molar-refractivity contribution in [3.63, 3.8) is 0 Å². The van der Waals surface area contributed by atoms with Crippen LogP contribution in [0.1, 0.15) is 75.1 Å². The number of nitrogens with zero attached hydrogens (tertiary/aromatic N) is 2. The summed E-state index contributed by atoms with van der Waals surface area (Å²) in [6.45, 7) is 1.85. The van der Waals surface area contributed by atoms with Gasteiger partial charge in [-0.05, 0) is 55.9 Å². The zero-order valence-electron chi connectivity index (χ0n) is 20.1. The third kappa shape index (κ3) is 4.99. The van der Waals surface area contributed by atoms with Crippen LogP contribution in [-0.4, -0.2) is 34.4 Å². The molecule has 7 nitrogen and oxygen atoms in total. The first kappa shape index (κ1) is 26.8. The Kier molecular flexibility index (Phi) is 7.36. The fourth-order valence-electron chi connectivity index (χ4n) is 4.88. The van der Waals surface area contributed by atoms with Gasteiger partial charge in [0.1, 0.15) is 15.8 Å². The second-order valence-corrected chi connectivity index (χ2v) is 11.0. The lowest BCUT2D eigenvalue weighted by Gasteiger charge is -2.33. The lowest BCUT2D eigenvalue weighted by molar-refractivity contribution is -0.173. The highest BCUT2D eigenvalue weighted by atomic mass is 35.5. The molecule has 202 valence electrons. The van der Waals surface area contributed by atoms with E-state index in [1.54, 1.807) is 31.2 Å². The fourth-order valence-corrected chi connectivity index (χ4v) is 6.55. The van der Waals surface area contributed by atoms with Gasteiger partial charge in [-0.1, -0.05) is 35.3 Å². The van der Waals surface area contributed by atoms with Gasteiger partial charge in [-0.15, -0.1) is 11.3 Å². The van der Waals surface area contributed by atoms with Crippen LogP contribution in [0.2, 0.25) is 10.0 Å². The number of esters is 1. The van der Waals surface area contributed by atoms with Gasteiger partial charge in [0, 0.05) is 16.3 Å². The van der Waals surface area contributed by atoms with Crippen LogP contribution in [0.4, 0.5) is 24.0 Å². The summed E-state index contributed by atoms with van der Waals surface area (Å²) in [6, 6.07) is 3.70. The van der Waals surface area contributed by atoms with Crippen molar-refractivity contribution in [3.05, 3.63) is 61.6 Å². The number of carbonyl (C=O) groups excluding carboxylic acids is 2. The molecule has 5 rings (SSSR count). The molecule has 1 aromatic carbocycles. The van der Waals surface area contributed by atoms with E-state index in [-0.39, 0.29) is 40.1 Å². The lowest BCUT2D eigenvalue weighted by atomic mass is 9.95. The minimum atomic E-state index is -4.64. The van der Waals surface area contributed by atoms with Crippen LogP contribution in [0.3, 0.4) is 0 Å². The van der Waals surface area contributed by atoms with E-state index in [0.29, 0.717) is 17.0 Å². The predicted molar refractivity (Wildman–Crippen MR) is 140 cm³/mol. The average molecular weight is 587 g/mol. The number of aryl methyl sites for hydroxylation is 1.